The van der Waals surface area contributed by atoms with Crippen molar-refractivity contribution in [3.8, 4) is 0 Å². The third-order valence-electron chi connectivity index (χ3n) is 0.871. The summed E-state index contributed by atoms with van der Waals surface area (Å²) in [7, 11) is 5.59. The molecule has 0 atom stereocenters. The van der Waals surface area contributed by atoms with Crippen LogP contribution in [-0.4, -0.2) is 49.4 Å². The molecular weight excluding hydrogens is 104 g/mol. The maximum atomic E-state index is 8.61. The molecule has 50 valence electrons. The second kappa shape index (κ2) is 3.83. The molecule has 0 aliphatic rings. The molecule has 0 aliphatic carbocycles. The summed E-state index contributed by atoms with van der Waals surface area (Å²) in [5.41, 5.74) is 0. The molecule has 0 bridgehead atoms. The fourth-order valence-corrected chi connectivity index (χ4v) is 0.345. The Labute approximate surface area is 50.5 Å². The van der Waals surface area contributed by atoms with Gasteiger partial charge in [-0.2, -0.15) is 5.06 Å². The predicted molar refractivity (Wildman–Crippen MR) is 33.0 cm³/mol. The average molecular weight is 118 g/mol. The van der Waals surface area contributed by atoms with Gasteiger partial charge >= 0.3 is 0 Å². The van der Waals surface area contributed by atoms with Crippen molar-refractivity contribution in [3.63, 3.8) is 0 Å². The highest BCUT2D eigenvalue weighted by Crippen LogP contribution is 1.75. The van der Waals surface area contributed by atoms with Gasteiger partial charge in [-0.25, -0.2) is 0 Å². The summed E-state index contributed by atoms with van der Waals surface area (Å²) in [5.74, 6) is 0. The van der Waals surface area contributed by atoms with Crippen LogP contribution >= 0.6 is 0 Å². The van der Waals surface area contributed by atoms with E-state index in [1.165, 1.54) is 5.06 Å². The molecule has 0 amide bonds. The molecule has 0 spiro atoms. The van der Waals surface area contributed by atoms with Crippen molar-refractivity contribution in [1.82, 2.24) is 9.96 Å². The fraction of sp³-hybridized carbons (Fsp3) is 1.00. The molecular formula is C5H14N2O. The molecule has 0 unspecified atom stereocenters. The summed E-state index contributed by atoms with van der Waals surface area (Å²) in [6, 6.07) is 0. The summed E-state index contributed by atoms with van der Waals surface area (Å²) >= 11 is 0. The Morgan fingerprint density at radius 1 is 1.12 bits per heavy atom. The van der Waals surface area contributed by atoms with Crippen molar-refractivity contribution >= 4 is 0 Å². The molecule has 8 heavy (non-hydrogen) atoms. The van der Waals surface area contributed by atoms with Gasteiger partial charge in [0.1, 0.15) is 0 Å². The minimum atomic E-state index is 0.701. The van der Waals surface area contributed by atoms with Gasteiger partial charge in [-0.15, -0.1) is 0 Å². The smallest absolute Gasteiger partial charge is 0.0362 e. The molecule has 0 aromatic rings. The highest BCUT2D eigenvalue weighted by atomic mass is 16.5. The zero-order valence-corrected chi connectivity index (χ0v) is 5.76. The summed E-state index contributed by atoms with van der Waals surface area (Å²) in [4.78, 5) is 2.02. The standard InChI is InChI=1S/C5H14N2O/c1-6(2)4-5-7(3)8/h8H,4-5H2,1-3H3. The van der Waals surface area contributed by atoms with Crippen LogP contribution in [0.2, 0.25) is 0 Å². The first-order valence-electron chi connectivity index (χ1n) is 2.67. The molecule has 0 radical (unpaired) electrons. The molecule has 0 saturated heterocycles. The molecule has 0 rings (SSSR count). The number of rotatable bonds is 3. The van der Waals surface area contributed by atoms with Gasteiger partial charge in [0, 0.05) is 20.1 Å². The third-order valence-corrected chi connectivity index (χ3v) is 0.871. The quantitative estimate of drug-likeness (QED) is 0.523. The van der Waals surface area contributed by atoms with Crippen molar-refractivity contribution in [2.45, 2.75) is 0 Å². The van der Waals surface area contributed by atoms with Gasteiger partial charge < -0.3 is 10.1 Å². The van der Waals surface area contributed by atoms with Crippen LogP contribution in [0.3, 0.4) is 0 Å². The van der Waals surface area contributed by atoms with Gasteiger partial charge in [-0.3, -0.25) is 0 Å². The SMILES string of the molecule is CN(C)CCN(C)O. The van der Waals surface area contributed by atoms with Crippen LogP contribution in [-0.2, 0) is 0 Å². The zero-order chi connectivity index (χ0) is 6.57. The van der Waals surface area contributed by atoms with Gasteiger partial charge in [0.05, 0.1) is 0 Å². The minimum absolute atomic E-state index is 0.701. The second-order valence-corrected chi connectivity index (χ2v) is 2.18. The molecule has 0 aliphatic heterocycles. The van der Waals surface area contributed by atoms with E-state index >= 15 is 0 Å². The monoisotopic (exact) mass is 118 g/mol. The molecule has 0 saturated carbocycles. The molecule has 0 heterocycles. The minimum Gasteiger partial charge on any atom is -0.314 e. The van der Waals surface area contributed by atoms with E-state index in [0.717, 1.165) is 6.54 Å². The molecule has 3 heteroatoms. The van der Waals surface area contributed by atoms with Crippen molar-refractivity contribution in [2.75, 3.05) is 34.2 Å². The summed E-state index contributed by atoms with van der Waals surface area (Å²) in [5, 5.41) is 9.79. The molecule has 0 aromatic heterocycles. The number of hydrogen-bond acceptors (Lipinski definition) is 3. The first kappa shape index (κ1) is 7.88. The lowest BCUT2D eigenvalue weighted by Crippen LogP contribution is -2.25. The van der Waals surface area contributed by atoms with E-state index in [-0.39, 0.29) is 0 Å². The van der Waals surface area contributed by atoms with E-state index in [2.05, 4.69) is 0 Å². The predicted octanol–water partition coefficient (Wildman–Crippen LogP) is -0.131. The van der Waals surface area contributed by atoms with E-state index in [9.17, 15) is 0 Å². The summed E-state index contributed by atoms with van der Waals surface area (Å²) in [6.45, 7) is 1.60. The highest BCUT2D eigenvalue weighted by Gasteiger charge is 1.91. The average Bonchev–Trinajstić information content (AvgIpc) is 1.61. The largest absolute Gasteiger partial charge is 0.314 e. The first-order chi connectivity index (χ1) is 3.63. The number of hydroxylamine groups is 2. The van der Waals surface area contributed by atoms with Crippen molar-refractivity contribution in [3.05, 3.63) is 0 Å². The lowest BCUT2D eigenvalue weighted by atomic mass is 10.6. The number of hydrogen-bond donors (Lipinski definition) is 1. The van der Waals surface area contributed by atoms with Gasteiger partial charge in [0.25, 0.3) is 0 Å². The maximum absolute atomic E-state index is 8.61. The number of likely N-dealkylation sites (N-methyl/N-ethyl adjacent to an activating group) is 2. The van der Waals surface area contributed by atoms with Gasteiger partial charge in [-0.05, 0) is 14.1 Å². The van der Waals surface area contributed by atoms with Crippen LogP contribution < -0.4 is 0 Å². The van der Waals surface area contributed by atoms with Gasteiger partial charge in [0.15, 0.2) is 0 Å². The normalized spacial score (nSPS) is 11.2. The topological polar surface area (TPSA) is 26.7 Å². The summed E-state index contributed by atoms with van der Waals surface area (Å²) < 4.78 is 0. The number of nitrogens with zero attached hydrogens (tertiary/aromatic N) is 2. The molecule has 3 nitrogen and oxygen atoms in total. The van der Waals surface area contributed by atoms with Crippen LogP contribution in [0.5, 0.6) is 0 Å². The fourth-order valence-electron chi connectivity index (χ4n) is 0.345. The van der Waals surface area contributed by atoms with E-state index in [0.29, 0.717) is 6.54 Å². The van der Waals surface area contributed by atoms with Crippen LogP contribution in [0.25, 0.3) is 0 Å². The van der Waals surface area contributed by atoms with Crippen molar-refractivity contribution in [2.24, 2.45) is 0 Å². The first-order valence-corrected chi connectivity index (χ1v) is 2.67. The van der Waals surface area contributed by atoms with Gasteiger partial charge in [-0.1, -0.05) is 0 Å². The molecule has 0 fully saturated rings. The van der Waals surface area contributed by atoms with Crippen LogP contribution in [0.15, 0.2) is 0 Å². The van der Waals surface area contributed by atoms with Crippen LogP contribution in [0.4, 0.5) is 0 Å². The molecule has 1 N–H and O–H groups in total. The zero-order valence-electron chi connectivity index (χ0n) is 5.76. The maximum Gasteiger partial charge on any atom is 0.0362 e. The highest BCUT2D eigenvalue weighted by molar-refractivity contribution is 4.42. The lowest BCUT2D eigenvalue weighted by Gasteiger charge is -2.12. The second-order valence-electron chi connectivity index (χ2n) is 2.18. The van der Waals surface area contributed by atoms with Crippen LogP contribution in [0.1, 0.15) is 0 Å². The van der Waals surface area contributed by atoms with Gasteiger partial charge in [0.2, 0.25) is 0 Å². The van der Waals surface area contributed by atoms with E-state index in [1.54, 1.807) is 7.05 Å². The van der Waals surface area contributed by atoms with E-state index in [4.69, 9.17) is 5.21 Å². The van der Waals surface area contributed by atoms with Crippen molar-refractivity contribution < 1.29 is 5.21 Å². The lowest BCUT2D eigenvalue weighted by molar-refractivity contribution is -0.0674. The Balaban J connectivity index is 2.93. The Kier molecular flexibility index (Phi) is 3.77. The Morgan fingerprint density at radius 3 is 1.75 bits per heavy atom. The molecule has 0 aromatic carbocycles. The third kappa shape index (κ3) is 5.88. The Bertz CT molecular complexity index is 46.4. The van der Waals surface area contributed by atoms with Crippen molar-refractivity contribution in [1.29, 1.82) is 0 Å². The summed E-state index contributed by atoms with van der Waals surface area (Å²) in [6.07, 6.45) is 0. The van der Waals surface area contributed by atoms with Crippen LogP contribution in [0, 0.1) is 0 Å². The Morgan fingerprint density at radius 2 is 1.62 bits per heavy atom. The van der Waals surface area contributed by atoms with E-state index in [1.807, 2.05) is 19.0 Å². The van der Waals surface area contributed by atoms with E-state index < -0.39 is 0 Å². The Hall–Kier alpha value is -0.120.